The molecule has 1 saturated heterocycles. The number of benzene rings is 3. The van der Waals surface area contributed by atoms with Crippen LogP contribution in [0.25, 0.3) is 0 Å². The van der Waals surface area contributed by atoms with Gasteiger partial charge in [0.1, 0.15) is 17.6 Å². The van der Waals surface area contributed by atoms with E-state index < -0.39 is 27.3 Å². The summed E-state index contributed by atoms with van der Waals surface area (Å²) in [5.41, 5.74) is -0.335. The lowest BCUT2D eigenvalue weighted by Gasteiger charge is -2.35. The molecule has 3 heterocycles. The molecule has 1 amide bonds. The van der Waals surface area contributed by atoms with Gasteiger partial charge in [-0.05, 0) is 73.6 Å². The maximum absolute atomic E-state index is 15.3. The number of amides is 1. The monoisotopic (exact) mass is 684 g/mol. The molecule has 3 aromatic carbocycles. The first-order chi connectivity index (χ1) is 23.7. The van der Waals surface area contributed by atoms with Gasteiger partial charge in [0, 0.05) is 61.8 Å². The summed E-state index contributed by atoms with van der Waals surface area (Å²) in [4.78, 5) is 23.9. The predicted octanol–water partition coefficient (Wildman–Crippen LogP) is 4.41. The van der Waals surface area contributed by atoms with Gasteiger partial charge in [0.25, 0.3) is 15.9 Å². The summed E-state index contributed by atoms with van der Waals surface area (Å²) in [7, 11) is -3.16. The summed E-state index contributed by atoms with van der Waals surface area (Å²) in [6.07, 6.45) is 1.50. The topological polar surface area (TPSA) is 128 Å². The van der Waals surface area contributed by atoms with Crippen LogP contribution < -0.4 is 24.0 Å². The molecule has 1 fully saturated rings. The second-order valence-electron chi connectivity index (χ2n) is 11.7. The predicted molar refractivity (Wildman–Crippen MR) is 183 cm³/mol. The third kappa shape index (κ3) is 6.07. The number of hydrogen-bond acceptors (Lipinski definition) is 10. The lowest BCUT2D eigenvalue weighted by Crippen LogP contribution is -2.52. The number of fused-ring (bicyclic) bond motifs is 1. The van der Waals surface area contributed by atoms with E-state index >= 15 is 4.39 Å². The van der Waals surface area contributed by atoms with Crippen molar-refractivity contribution >= 4 is 27.3 Å². The number of halogens is 1. The SMILES string of the molecule is CCOc1ncccc1C1(NCc2ccc(N3CCN(CC)CC3)cc2)C(=O)N(S(=O)(=O)c2ccc(OC)cc2)c2cc(F)c(C#N)cc21. The second kappa shape index (κ2) is 13.8. The molecule has 0 radical (unpaired) electrons. The largest absolute Gasteiger partial charge is 0.497 e. The average Bonchev–Trinajstić information content (AvgIpc) is 3.37. The standard InChI is InChI=1S/C36H37FN6O5S/c1-4-41-17-19-42(20-18-41)27-10-8-25(9-11-27)24-40-36(30-7-6-16-39-34(30)48-5-2)31-21-26(23-38)32(37)22-33(31)43(35(36)44)49(45,46)29-14-12-28(47-3)13-15-29/h6-16,21-22,40H,4-5,17-20,24H2,1-3H3. The molecule has 254 valence electrons. The number of rotatable bonds is 11. The van der Waals surface area contributed by atoms with Gasteiger partial charge in [0.2, 0.25) is 5.88 Å². The number of carbonyl (C=O) groups is 1. The molecule has 0 aliphatic carbocycles. The zero-order chi connectivity index (χ0) is 34.8. The molecule has 11 nitrogen and oxygen atoms in total. The minimum absolute atomic E-state index is 0.0758. The first kappa shape index (κ1) is 33.9. The molecule has 4 aromatic rings. The smallest absolute Gasteiger partial charge is 0.270 e. The van der Waals surface area contributed by atoms with Gasteiger partial charge in [-0.15, -0.1) is 0 Å². The number of nitrogens with one attached hydrogen (secondary N) is 1. The maximum atomic E-state index is 15.3. The van der Waals surface area contributed by atoms with Crippen LogP contribution in [-0.4, -0.2) is 70.6 Å². The van der Waals surface area contributed by atoms with Crippen LogP contribution in [0, 0.1) is 17.1 Å². The van der Waals surface area contributed by atoms with E-state index in [9.17, 15) is 18.5 Å². The second-order valence-corrected chi connectivity index (χ2v) is 13.5. The number of carbonyl (C=O) groups excluding carboxylic acids is 1. The third-order valence-corrected chi connectivity index (χ3v) is 10.8. The summed E-state index contributed by atoms with van der Waals surface area (Å²) in [6.45, 7) is 9.04. The zero-order valence-electron chi connectivity index (χ0n) is 27.5. The molecule has 2 aliphatic rings. The number of aromatic nitrogens is 1. The van der Waals surface area contributed by atoms with Gasteiger partial charge in [0.15, 0.2) is 5.54 Å². The van der Waals surface area contributed by atoms with E-state index in [1.807, 2.05) is 30.3 Å². The summed E-state index contributed by atoms with van der Waals surface area (Å²) >= 11 is 0. The fourth-order valence-electron chi connectivity index (χ4n) is 6.42. The average molecular weight is 685 g/mol. The Balaban J connectivity index is 1.47. The van der Waals surface area contributed by atoms with E-state index in [-0.39, 0.29) is 46.3 Å². The fraction of sp³-hybridized carbons (Fsp3) is 0.306. The van der Waals surface area contributed by atoms with Gasteiger partial charge in [-0.25, -0.2) is 22.1 Å². The molecule has 0 spiro atoms. The first-order valence-electron chi connectivity index (χ1n) is 16.0. The van der Waals surface area contributed by atoms with Crippen LogP contribution in [0.15, 0.2) is 83.9 Å². The molecule has 1 N–H and O–H groups in total. The van der Waals surface area contributed by atoms with Crippen LogP contribution in [-0.2, 0) is 26.9 Å². The van der Waals surface area contributed by atoms with Crippen LogP contribution in [0.2, 0.25) is 0 Å². The molecule has 49 heavy (non-hydrogen) atoms. The fourth-order valence-corrected chi connectivity index (χ4v) is 7.88. The Morgan fingerprint density at radius 3 is 2.35 bits per heavy atom. The Morgan fingerprint density at radius 2 is 1.71 bits per heavy atom. The summed E-state index contributed by atoms with van der Waals surface area (Å²) in [6, 6.07) is 20.7. The third-order valence-electron chi connectivity index (χ3n) is 9.07. The molecule has 13 heteroatoms. The Morgan fingerprint density at radius 1 is 1.00 bits per heavy atom. The lowest BCUT2D eigenvalue weighted by atomic mass is 9.83. The van der Waals surface area contributed by atoms with Crippen molar-refractivity contribution in [2.45, 2.75) is 30.8 Å². The number of nitrogens with zero attached hydrogens (tertiary/aromatic N) is 5. The highest BCUT2D eigenvalue weighted by Crippen LogP contribution is 2.49. The van der Waals surface area contributed by atoms with Crippen molar-refractivity contribution in [3.05, 3.63) is 107 Å². The minimum Gasteiger partial charge on any atom is -0.497 e. The Bertz CT molecular complexity index is 1990. The van der Waals surface area contributed by atoms with Gasteiger partial charge in [-0.3, -0.25) is 10.1 Å². The molecule has 6 rings (SSSR count). The first-order valence-corrected chi connectivity index (χ1v) is 17.5. The number of sulfonamides is 1. The molecular weight excluding hydrogens is 647 g/mol. The van der Waals surface area contributed by atoms with Gasteiger partial charge < -0.3 is 19.3 Å². The number of pyridine rings is 1. The van der Waals surface area contributed by atoms with Crippen LogP contribution in [0.4, 0.5) is 15.8 Å². The van der Waals surface area contributed by atoms with Crippen molar-refractivity contribution in [1.82, 2.24) is 15.2 Å². The normalized spacial score (nSPS) is 17.9. The quantitative estimate of drug-likeness (QED) is 0.243. The Kier molecular flexibility index (Phi) is 9.56. The minimum atomic E-state index is -4.61. The highest BCUT2D eigenvalue weighted by molar-refractivity contribution is 7.93. The highest BCUT2D eigenvalue weighted by atomic mass is 32.2. The number of ether oxygens (including phenoxy) is 2. The summed E-state index contributed by atoms with van der Waals surface area (Å²) in [5, 5.41) is 13.2. The van der Waals surface area contributed by atoms with Crippen molar-refractivity contribution in [1.29, 1.82) is 5.26 Å². The van der Waals surface area contributed by atoms with Crippen LogP contribution >= 0.6 is 0 Å². The Hall–Kier alpha value is -5.03. The number of piperazine rings is 1. The van der Waals surface area contributed by atoms with E-state index in [0.29, 0.717) is 10.1 Å². The van der Waals surface area contributed by atoms with E-state index in [1.54, 1.807) is 19.1 Å². The summed E-state index contributed by atoms with van der Waals surface area (Å²) < 4.78 is 55.6. The van der Waals surface area contributed by atoms with Crippen molar-refractivity contribution in [2.75, 3.05) is 55.6 Å². The van der Waals surface area contributed by atoms with Gasteiger partial charge >= 0.3 is 0 Å². The van der Waals surface area contributed by atoms with E-state index in [0.717, 1.165) is 50.0 Å². The zero-order valence-corrected chi connectivity index (χ0v) is 28.3. The molecule has 1 atom stereocenters. The molecule has 0 bridgehead atoms. The van der Waals surface area contributed by atoms with E-state index in [2.05, 4.69) is 27.0 Å². The van der Waals surface area contributed by atoms with Gasteiger partial charge in [-0.1, -0.05) is 19.1 Å². The summed E-state index contributed by atoms with van der Waals surface area (Å²) in [5.74, 6) is -1.39. The molecule has 0 saturated carbocycles. The Labute approximate surface area is 285 Å². The number of likely N-dealkylation sites (N-methyl/N-ethyl adjacent to an activating group) is 1. The molecular formula is C36H37FN6O5S. The number of methoxy groups -OCH3 is 1. The maximum Gasteiger partial charge on any atom is 0.270 e. The van der Waals surface area contributed by atoms with Crippen LogP contribution in [0.5, 0.6) is 11.6 Å². The lowest BCUT2D eigenvalue weighted by molar-refractivity contribution is -0.121. The van der Waals surface area contributed by atoms with Gasteiger partial charge in [0.05, 0.1) is 29.9 Å². The van der Waals surface area contributed by atoms with Crippen molar-refractivity contribution in [3.8, 4) is 17.7 Å². The van der Waals surface area contributed by atoms with Crippen molar-refractivity contribution in [3.63, 3.8) is 0 Å². The highest BCUT2D eigenvalue weighted by Gasteiger charge is 2.58. The molecule has 1 aromatic heterocycles. The molecule has 1 unspecified atom stereocenters. The van der Waals surface area contributed by atoms with Crippen LogP contribution in [0.3, 0.4) is 0 Å². The number of hydrogen-bond donors (Lipinski definition) is 1. The van der Waals surface area contributed by atoms with E-state index in [1.165, 1.54) is 43.6 Å². The van der Waals surface area contributed by atoms with Crippen LogP contribution in [0.1, 0.15) is 36.1 Å². The van der Waals surface area contributed by atoms with Gasteiger partial charge in [-0.2, -0.15) is 5.26 Å². The van der Waals surface area contributed by atoms with E-state index in [4.69, 9.17) is 9.47 Å². The molecule has 2 aliphatic heterocycles. The van der Waals surface area contributed by atoms with Crippen molar-refractivity contribution < 1.29 is 27.1 Å². The number of anilines is 2. The number of nitriles is 1. The van der Waals surface area contributed by atoms with Crippen molar-refractivity contribution in [2.24, 2.45) is 0 Å².